The summed E-state index contributed by atoms with van der Waals surface area (Å²) in [6.07, 6.45) is 0. The van der Waals surface area contributed by atoms with Gasteiger partial charge in [-0.05, 0) is 28.1 Å². The molecule has 2 aromatic rings. The molecule has 0 radical (unpaired) electrons. The molecule has 0 aliphatic rings. The van der Waals surface area contributed by atoms with Crippen LogP contribution in [0, 0.1) is 0 Å². The molecular formula is C8H6BrNO2S. The SMILES string of the molecule is Cn1c(C(=O)O)cc2sc(Br)cc21. The molecule has 13 heavy (non-hydrogen) atoms. The van der Waals surface area contributed by atoms with Gasteiger partial charge < -0.3 is 9.67 Å². The summed E-state index contributed by atoms with van der Waals surface area (Å²) in [6.45, 7) is 0. The lowest BCUT2D eigenvalue weighted by atomic mass is 10.4. The van der Waals surface area contributed by atoms with Gasteiger partial charge in [-0.25, -0.2) is 4.79 Å². The Morgan fingerprint density at radius 3 is 2.85 bits per heavy atom. The van der Waals surface area contributed by atoms with Crippen LogP contribution < -0.4 is 0 Å². The van der Waals surface area contributed by atoms with Gasteiger partial charge in [0.2, 0.25) is 0 Å². The summed E-state index contributed by atoms with van der Waals surface area (Å²) < 4.78 is 3.69. The fourth-order valence-electron chi connectivity index (χ4n) is 1.29. The van der Waals surface area contributed by atoms with Crippen LogP contribution in [0.3, 0.4) is 0 Å². The highest BCUT2D eigenvalue weighted by molar-refractivity contribution is 9.11. The standard InChI is InChI=1S/C8H6BrNO2S/c1-10-4-3-7(9)13-6(4)2-5(10)8(11)12/h2-3H,1H3,(H,11,12). The first-order valence-electron chi connectivity index (χ1n) is 3.57. The first-order valence-corrected chi connectivity index (χ1v) is 5.18. The summed E-state index contributed by atoms with van der Waals surface area (Å²) in [5.74, 6) is -0.887. The lowest BCUT2D eigenvalue weighted by Gasteiger charge is -1.96. The van der Waals surface area contributed by atoms with E-state index < -0.39 is 5.97 Å². The summed E-state index contributed by atoms with van der Waals surface area (Å²) in [6, 6.07) is 3.61. The number of thiophene rings is 1. The fraction of sp³-hybridized carbons (Fsp3) is 0.125. The van der Waals surface area contributed by atoms with Crippen LogP contribution in [0.25, 0.3) is 10.2 Å². The number of carboxylic acid groups (broad SMARTS) is 1. The third-order valence-corrected chi connectivity index (χ3v) is 3.49. The minimum absolute atomic E-state index is 0.328. The van der Waals surface area contributed by atoms with Gasteiger partial charge in [0.15, 0.2) is 0 Å². The van der Waals surface area contributed by atoms with Crippen LogP contribution in [-0.4, -0.2) is 15.6 Å². The maximum Gasteiger partial charge on any atom is 0.352 e. The summed E-state index contributed by atoms with van der Waals surface area (Å²) in [5.41, 5.74) is 1.28. The lowest BCUT2D eigenvalue weighted by molar-refractivity contribution is 0.0687. The van der Waals surface area contributed by atoms with Gasteiger partial charge in [0.05, 0.1) is 14.0 Å². The van der Waals surface area contributed by atoms with E-state index in [1.807, 2.05) is 6.07 Å². The Morgan fingerprint density at radius 2 is 2.31 bits per heavy atom. The summed E-state index contributed by atoms with van der Waals surface area (Å²) in [7, 11) is 1.75. The number of rotatable bonds is 1. The van der Waals surface area contributed by atoms with E-state index in [1.165, 1.54) is 11.3 Å². The zero-order valence-electron chi connectivity index (χ0n) is 6.74. The van der Waals surface area contributed by atoms with Crippen molar-refractivity contribution >= 4 is 43.5 Å². The second kappa shape index (κ2) is 2.85. The van der Waals surface area contributed by atoms with Crippen molar-refractivity contribution in [2.24, 2.45) is 7.05 Å². The molecule has 0 saturated heterocycles. The maximum atomic E-state index is 10.7. The van der Waals surface area contributed by atoms with Gasteiger partial charge in [-0.15, -0.1) is 11.3 Å². The van der Waals surface area contributed by atoms with Gasteiger partial charge in [-0.2, -0.15) is 0 Å². The van der Waals surface area contributed by atoms with E-state index in [0.29, 0.717) is 5.69 Å². The molecule has 0 unspecified atom stereocenters. The summed E-state index contributed by atoms with van der Waals surface area (Å²) in [5, 5.41) is 8.83. The third-order valence-electron chi connectivity index (χ3n) is 1.92. The van der Waals surface area contributed by atoms with E-state index in [4.69, 9.17) is 5.11 Å². The summed E-state index contributed by atoms with van der Waals surface area (Å²) >= 11 is 4.89. The van der Waals surface area contributed by atoms with Crippen LogP contribution in [0.5, 0.6) is 0 Å². The minimum Gasteiger partial charge on any atom is -0.477 e. The van der Waals surface area contributed by atoms with Gasteiger partial charge in [0, 0.05) is 7.05 Å². The molecule has 2 rings (SSSR count). The highest BCUT2D eigenvalue weighted by Crippen LogP contribution is 2.31. The number of halogens is 1. The number of carbonyl (C=O) groups is 1. The van der Waals surface area contributed by atoms with Crippen molar-refractivity contribution in [2.75, 3.05) is 0 Å². The van der Waals surface area contributed by atoms with E-state index in [0.717, 1.165) is 14.0 Å². The zero-order chi connectivity index (χ0) is 9.59. The lowest BCUT2D eigenvalue weighted by Crippen LogP contribution is -2.03. The largest absolute Gasteiger partial charge is 0.477 e. The number of carboxylic acids is 1. The molecule has 0 aromatic carbocycles. The highest BCUT2D eigenvalue weighted by atomic mass is 79.9. The topological polar surface area (TPSA) is 42.2 Å². The molecule has 68 valence electrons. The molecule has 0 aliphatic heterocycles. The van der Waals surface area contributed by atoms with Crippen molar-refractivity contribution in [3.05, 3.63) is 21.6 Å². The van der Waals surface area contributed by atoms with Crippen LogP contribution in [-0.2, 0) is 7.05 Å². The number of aromatic carboxylic acids is 1. The summed E-state index contributed by atoms with van der Waals surface area (Å²) in [4.78, 5) is 10.7. The molecule has 0 atom stereocenters. The Labute approximate surface area is 86.7 Å². The number of hydrogen-bond donors (Lipinski definition) is 1. The van der Waals surface area contributed by atoms with Gasteiger partial charge in [-0.3, -0.25) is 0 Å². The van der Waals surface area contributed by atoms with Gasteiger partial charge >= 0.3 is 5.97 Å². The average molecular weight is 260 g/mol. The Morgan fingerprint density at radius 1 is 1.62 bits per heavy atom. The minimum atomic E-state index is -0.887. The Bertz CT molecular complexity index is 486. The van der Waals surface area contributed by atoms with Crippen molar-refractivity contribution in [1.82, 2.24) is 4.57 Å². The number of aryl methyl sites for hydroxylation is 1. The fourth-order valence-corrected chi connectivity index (χ4v) is 2.88. The van der Waals surface area contributed by atoms with Crippen molar-refractivity contribution < 1.29 is 9.90 Å². The monoisotopic (exact) mass is 259 g/mol. The predicted molar refractivity (Wildman–Crippen MR) is 55.5 cm³/mol. The van der Waals surface area contributed by atoms with Gasteiger partial charge in [0.25, 0.3) is 0 Å². The highest BCUT2D eigenvalue weighted by Gasteiger charge is 2.13. The molecule has 1 N–H and O–H groups in total. The molecule has 0 fully saturated rings. The third kappa shape index (κ3) is 1.28. The normalized spacial score (nSPS) is 10.9. The number of hydrogen-bond acceptors (Lipinski definition) is 2. The molecule has 0 aliphatic carbocycles. The van der Waals surface area contributed by atoms with Crippen LogP contribution in [0.1, 0.15) is 10.5 Å². The van der Waals surface area contributed by atoms with Gasteiger partial charge in [-0.1, -0.05) is 0 Å². The van der Waals surface area contributed by atoms with Crippen LogP contribution in [0.4, 0.5) is 0 Å². The van der Waals surface area contributed by atoms with Crippen LogP contribution in [0.15, 0.2) is 15.9 Å². The molecule has 0 amide bonds. The van der Waals surface area contributed by atoms with Crippen LogP contribution >= 0.6 is 27.3 Å². The first kappa shape index (κ1) is 8.77. The van der Waals surface area contributed by atoms with E-state index in [-0.39, 0.29) is 0 Å². The smallest absolute Gasteiger partial charge is 0.352 e. The molecule has 5 heteroatoms. The van der Waals surface area contributed by atoms with Crippen molar-refractivity contribution in [2.45, 2.75) is 0 Å². The molecular weight excluding hydrogens is 254 g/mol. The number of aromatic nitrogens is 1. The molecule has 0 bridgehead atoms. The van der Waals surface area contributed by atoms with E-state index in [9.17, 15) is 4.79 Å². The number of fused-ring (bicyclic) bond motifs is 1. The van der Waals surface area contributed by atoms with Gasteiger partial charge in [0.1, 0.15) is 5.69 Å². The van der Waals surface area contributed by atoms with E-state index >= 15 is 0 Å². The average Bonchev–Trinajstić information content (AvgIpc) is 2.51. The molecule has 0 spiro atoms. The number of nitrogens with zero attached hydrogens (tertiary/aromatic N) is 1. The van der Waals surface area contributed by atoms with Crippen molar-refractivity contribution in [1.29, 1.82) is 0 Å². The second-order valence-electron chi connectivity index (χ2n) is 2.69. The van der Waals surface area contributed by atoms with Crippen LogP contribution in [0.2, 0.25) is 0 Å². The van der Waals surface area contributed by atoms with Crippen molar-refractivity contribution in [3.8, 4) is 0 Å². The second-order valence-corrected chi connectivity index (χ2v) is 5.16. The Kier molecular flexibility index (Phi) is 1.92. The Hall–Kier alpha value is -0.810. The molecule has 3 nitrogen and oxygen atoms in total. The Balaban J connectivity index is 2.76. The first-order chi connectivity index (χ1) is 6.09. The van der Waals surface area contributed by atoms with E-state index in [2.05, 4.69) is 15.9 Å². The van der Waals surface area contributed by atoms with Crippen molar-refractivity contribution in [3.63, 3.8) is 0 Å². The molecule has 0 saturated carbocycles. The molecule has 2 heterocycles. The molecule has 2 aromatic heterocycles. The van der Waals surface area contributed by atoms with E-state index in [1.54, 1.807) is 17.7 Å². The predicted octanol–water partition coefficient (Wildman–Crippen LogP) is 2.70. The quantitative estimate of drug-likeness (QED) is 0.856. The zero-order valence-corrected chi connectivity index (χ0v) is 9.15. The maximum absolute atomic E-state index is 10.7.